The molecule has 3 rings (SSSR count). The highest BCUT2D eigenvalue weighted by molar-refractivity contribution is 7.17. The van der Waals surface area contributed by atoms with Crippen molar-refractivity contribution in [3.63, 3.8) is 0 Å². The molecule has 0 spiro atoms. The minimum Gasteiger partial charge on any atom is -0.343 e. The number of hydrogen-bond acceptors (Lipinski definition) is 4. The summed E-state index contributed by atoms with van der Waals surface area (Å²) in [5.74, 6) is -0.654. The summed E-state index contributed by atoms with van der Waals surface area (Å²) in [6, 6.07) is 15.2. The van der Waals surface area contributed by atoms with Gasteiger partial charge in [0.05, 0.1) is 12.8 Å². The molecular formula is C19H17N3O2S. The van der Waals surface area contributed by atoms with Crippen molar-refractivity contribution in [1.29, 1.82) is 0 Å². The first-order chi connectivity index (χ1) is 12.1. The van der Waals surface area contributed by atoms with Gasteiger partial charge in [-0.3, -0.25) is 9.59 Å². The second-order valence-corrected chi connectivity index (χ2v) is 6.39. The molecule has 0 bridgehead atoms. The second-order valence-electron chi connectivity index (χ2n) is 5.48. The van der Waals surface area contributed by atoms with Crippen LogP contribution in [0.2, 0.25) is 0 Å². The maximum absolute atomic E-state index is 12.0. The van der Waals surface area contributed by atoms with Gasteiger partial charge in [-0.1, -0.05) is 36.4 Å². The summed E-state index contributed by atoms with van der Waals surface area (Å²) < 4.78 is 1.17. The number of nitrogens with one attached hydrogen (secondary N) is 2. The number of hydrogen-bond donors (Lipinski definition) is 2. The summed E-state index contributed by atoms with van der Waals surface area (Å²) in [6.45, 7) is 1.72. The van der Waals surface area contributed by atoms with Crippen molar-refractivity contribution in [1.82, 2.24) is 10.7 Å². The van der Waals surface area contributed by atoms with Gasteiger partial charge in [0.25, 0.3) is 11.8 Å². The number of amides is 2. The third kappa shape index (κ3) is 4.10. The smallest absolute Gasteiger partial charge is 0.259 e. The standard InChI is InChI=1S/C19H17N3O2S/c1-13-6-2-3-7-15(13)19(24)20-11-18(23)22-21-10-14-12-25-17-9-5-4-8-16(14)17/h2-10,12H,11H2,1H3,(H,20,24)(H,22,23). The highest BCUT2D eigenvalue weighted by atomic mass is 32.1. The predicted octanol–water partition coefficient (Wildman–Crippen LogP) is 3.09. The molecule has 0 aliphatic heterocycles. The highest BCUT2D eigenvalue weighted by Gasteiger charge is 2.09. The summed E-state index contributed by atoms with van der Waals surface area (Å²) in [7, 11) is 0. The molecular weight excluding hydrogens is 334 g/mol. The van der Waals surface area contributed by atoms with Crippen LogP contribution in [0.15, 0.2) is 59.0 Å². The number of thiophene rings is 1. The van der Waals surface area contributed by atoms with Crippen LogP contribution in [0.25, 0.3) is 10.1 Å². The number of fused-ring (bicyclic) bond motifs is 1. The Balaban J connectivity index is 1.53. The first-order valence-corrected chi connectivity index (χ1v) is 8.65. The highest BCUT2D eigenvalue weighted by Crippen LogP contribution is 2.23. The number of carbonyl (C=O) groups is 2. The molecule has 3 aromatic rings. The fraction of sp³-hybridized carbons (Fsp3) is 0.105. The van der Waals surface area contributed by atoms with Gasteiger partial charge in [-0.2, -0.15) is 5.10 Å². The molecule has 126 valence electrons. The van der Waals surface area contributed by atoms with Crippen LogP contribution in [0.5, 0.6) is 0 Å². The molecule has 5 nitrogen and oxygen atoms in total. The van der Waals surface area contributed by atoms with E-state index in [-0.39, 0.29) is 18.4 Å². The van der Waals surface area contributed by atoms with E-state index in [1.807, 2.05) is 48.7 Å². The molecule has 0 aliphatic rings. The molecule has 25 heavy (non-hydrogen) atoms. The number of carbonyl (C=O) groups excluding carboxylic acids is 2. The van der Waals surface area contributed by atoms with Crippen LogP contribution in [0.1, 0.15) is 21.5 Å². The number of aryl methyl sites for hydroxylation is 1. The van der Waals surface area contributed by atoms with Crippen LogP contribution in [0.4, 0.5) is 0 Å². The number of nitrogens with zero attached hydrogens (tertiary/aromatic N) is 1. The second kappa shape index (κ2) is 7.72. The third-order valence-electron chi connectivity index (χ3n) is 3.70. The lowest BCUT2D eigenvalue weighted by Crippen LogP contribution is -2.35. The maximum atomic E-state index is 12.0. The van der Waals surface area contributed by atoms with Crippen LogP contribution in [-0.4, -0.2) is 24.6 Å². The van der Waals surface area contributed by atoms with Crippen molar-refractivity contribution in [2.24, 2.45) is 5.10 Å². The van der Waals surface area contributed by atoms with E-state index in [0.717, 1.165) is 16.5 Å². The Morgan fingerprint density at radius 2 is 1.88 bits per heavy atom. The van der Waals surface area contributed by atoms with Crippen molar-refractivity contribution < 1.29 is 9.59 Å². The van der Waals surface area contributed by atoms with Crippen LogP contribution in [-0.2, 0) is 4.79 Å². The van der Waals surface area contributed by atoms with Gasteiger partial charge in [-0.25, -0.2) is 5.43 Å². The Bertz CT molecular complexity index is 947. The molecule has 2 amide bonds. The molecule has 0 unspecified atom stereocenters. The normalized spacial score (nSPS) is 10.9. The van der Waals surface area contributed by atoms with E-state index in [2.05, 4.69) is 15.8 Å². The first kappa shape index (κ1) is 16.9. The molecule has 0 radical (unpaired) electrons. The quantitative estimate of drug-likeness (QED) is 0.548. The summed E-state index contributed by atoms with van der Waals surface area (Å²) in [5.41, 5.74) is 4.80. The molecule has 0 aliphatic carbocycles. The zero-order chi connectivity index (χ0) is 17.6. The Morgan fingerprint density at radius 1 is 1.12 bits per heavy atom. The maximum Gasteiger partial charge on any atom is 0.259 e. The zero-order valence-electron chi connectivity index (χ0n) is 13.7. The Hall–Kier alpha value is -2.99. The SMILES string of the molecule is Cc1ccccc1C(=O)NCC(=O)NN=Cc1csc2ccccc12. The van der Waals surface area contributed by atoms with E-state index in [4.69, 9.17) is 0 Å². The van der Waals surface area contributed by atoms with Crippen molar-refractivity contribution >= 4 is 39.5 Å². The van der Waals surface area contributed by atoms with E-state index in [0.29, 0.717) is 5.56 Å². The van der Waals surface area contributed by atoms with Crippen molar-refractivity contribution in [2.75, 3.05) is 6.54 Å². The molecule has 0 saturated carbocycles. The molecule has 2 N–H and O–H groups in total. The van der Waals surface area contributed by atoms with Gasteiger partial charge in [0, 0.05) is 26.6 Å². The van der Waals surface area contributed by atoms with Crippen molar-refractivity contribution in [2.45, 2.75) is 6.92 Å². The molecule has 2 aromatic carbocycles. The zero-order valence-corrected chi connectivity index (χ0v) is 14.5. The fourth-order valence-corrected chi connectivity index (χ4v) is 3.31. The van der Waals surface area contributed by atoms with E-state index in [1.165, 1.54) is 4.70 Å². The lowest BCUT2D eigenvalue weighted by atomic mass is 10.1. The third-order valence-corrected chi connectivity index (χ3v) is 4.68. The van der Waals surface area contributed by atoms with Gasteiger partial charge in [0.1, 0.15) is 0 Å². The summed E-state index contributed by atoms with van der Waals surface area (Å²) in [4.78, 5) is 23.9. The van der Waals surface area contributed by atoms with Gasteiger partial charge in [-0.05, 0) is 24.6 Å². The largest absolute Gasteiger partial charge is 0.343 e. The number of rotatable bonds is 5. The molecule has 1 heterocycles. The van der Waals surface area contributed by atoms with Gasteiger partial charge in [0.15, 0.2) is 0 Å². The van der Waals surface area contributed by atoms with Crippen LogP contribution >= 0.6 is 11.3 Å². The van der Waals surface area contributed by atoms with Crippen LogP contribution in [0.3, 0.4) is 0 Å². The fourth-order valence-electron chi connectivity index (χ4n) is 2.40. The van der Waals surface area contributed by atoms with Crippen LogP contribution < -0.4 is 10.7 Å². The molecule has 1 aromatic heterocycles. The minimum atomic E-state index is -0.377. The summed E-state index contributed by atoms with van der Waals surface area (Å²) in [5, 5.41) is 9.64. The average Bonchev–Trinajstić information content (AvgIpc) is 3.03. The topological polar surface area (TPSA) is 70.6 Å². The van der Waals surface area contributed by atoms with Gasteiger partial charge in [0.2, 0.25) is 0 Å². The molecule has 0 atom stereocenters. The van der Waals surface area contributed by atoms with Gasteiger partial charge < -0.3 is 5.32 Å². The molecule has 0 fully saturated rings. The monoisotopic (exact) mass is 351 g/mol. The summed E-state index contributed by atoms with van der Waals surface area (Å²) >= 11 is 1.62. The lowest BCUT2D eigenvalue weighted by molar-refractivity contribution is -0.120. The Kier molecular flexibility index (Phi) is 5.20. The van der Waals surface area contributed by atoms with Gasteiger partial charge >= 0.3 is 0 Å². The van der Waals surface area contributed by atoms with Gasteiger partial charge in [-0.15, -0.1) is 11.3 Å². The number of benzene rings is 2. The summed E-state index contributed by atoms with van der Waals surface area (Å²) in [6.07, 6.45) is 1.61. The minimum absolute atomic E-state index is 0.130. The van der Waals surface area contributed by atoms with E-state index in [1.54, 1.807) is 29.7 Å². The predicted molar refractivity (Wildman–Crippen MR) is 101 cm³/mol. The van der Waals surface area contributed by atoms with Crippen molar-refractivity contribution in [3.05, 3.63) is 70.6 Å². The number of hydrazone groups is 1. The van der Waals surface area contributed by atoms with Crippen molar-refractivity contribution in [3.8, 4) is 0 Å². The first-order valence-electron chi connectivity index (χ1n) is 7.77. The Morgan fingerprint density at radius 3 is 2.72 bits per heavy atom. The molecule has 0 saturated heterocycles. The van der Waals surface area contributed by atoms with Crippen LogP contribution in [0, 0.1) is 6.92 Å². The average molecular weight is 351 g/mol. The van der Waals surface area contributed by atoms with E-state index in [9.17, 15) is 9.59 Å². The van der Waals surface area contributed by atoms with E-state index >= 15 is 0 Å². The molecule has 6 heteroatoms. The van der Waals surface area contributed by atoms with E-state index < -0.39 is 0 Å². The lowest BCUT2D eigenvalue weighted by Gasteiger charge is -2.06. The Labute approximate surface area is 149 Å².